The van der Waals surface area contributed by atoms with E-state index in [9.17, 15) is 33.9 Å². The SMILES string of the molecule is CC[C@H](C)[C@H](NC(=O)[C@@H]1CCCN1C(=O)[C@@H](NC(=O)[C@@H](N)Cc1ccccc1)C(C)C)C(=O)N[C@@H](Cc1ccc(O)cc1)C(=O)N[C@@H](CCSC)C(N)=O. The Balaban J connectivity index is 1.78. The first-order valence-corrected chi connectivity index (χ1v) is 19.9. The number of benzene rings is 2. The molecule has 2 aromatic carbocycles. The van der Waals surface area contributed by atoms with Crippen molar-refractivity contribution < 1.29 is 33.9 Å². The molecule has 0 saturated carbocycles. The van der Waals surface area contributed by atoms with Crippen LogP contribution in [0.25, 0.3) is 0 Å². The van der Waals surface area contributed by atoms with Crippen molar-refractivity contribution in [3.8, 4) is 5.75 Å². The fourth-order valence-electron chi connectivity index (χ4n) is 6.30. The summed E-state index contributed by atoms with van der Waals surface area (Å²) in [4.78, 5) is 82.2. The van der Waals surface area contributed by atoms with Crippen molar-refractivity contribution in [3.63, 3.8) is 0 Å². The molecule has 1 heterocycles. The zero-order chi connectivity index (χ0) is 39.9. The number of thioether (sulfide) groups is 1. The Labute approximate surface area is 322 Å². The summed E-state index contributed by atoms with van der Waals surface area (Å²) in [5.74, 6) is -3.45. The third kappa shape index (κ3) is 12.8. The van der Waals surface area contributed by atoms with Gasteiger partial charge in [-0.25, -0.2) is 0 Å². The molecule has 2 aromatic rings. The van der Waals surface area contributed by atoms with Gasteiger partial charge in [0.2, 0.25) is 35.4 Å². The van der Waals surface area contributed by atoms with Crippen molar-refractivity contribution in [2.24, 2.45) is 23.3 Å². The number of nitrogens with two attached hydrogens (primary N) is 2. The van der Waals surface area contributed by atoms with E-state index in [4.69, 9.17) is 11.5 Å². The van der Waals surface area contributed by atoms with Crippen LogP contribution in [0, 0.1) is 11.8 Å². The average Bonchev–Trinajstić information content (AvgIpc) is 3.65. The van der Waals surface area contributed by atoms with Crippen LogP contribution in [0.5, 0.6) is 5.75 Å². The maximum Gasteiger partial charge on any atom is 0.246 e. The molecule has 6 amide bonds. The normalized spacial score (nSPS) is 17.4. The number of aromatic hydroxyl groups is 1. The lowest BCUT2D eigenvalue weighted by molar-refractivity contribution is -0.143. The van der Waals surface area contributed by atoms with Crippen LogP contribution < -0.4 is 32.7 Å². The number of phenolic OH excluding ortho intramolecular Hbond substituents is 1. The van der Waals surface area contributed by atoms with E-state index >= 15 is 0 Å². The molecule has 0 spiro atoms. The summed E-state index contributed by atoms with van der Waals surface area (Å²) in [5, 5.41) is 20.9. The number of likely N-dealkylation sites (tertiary alicyclic amines) is 1. The van der Waals surface area contributed by atoms with Crippen LogP contribution in [0.2, 0.25) is 0 Å². The van der Waals surface area contributed by atoms with Gasteiger partial charge in [-0.05, 0) is 72.8 Å². The standard InChI is InChI=1S/C39H57N7O7S/c1-6-24(4)33(38(52)43-30(22-26-14-16-27(47)17-15-26)36(50)42-29(34(41)48)18-20-54-5)45-37(51)31-13-10-19-46(31)39(53)32(23(2)3)44-35(49)28(40)21-25-11-8-7-9-12-25/h7-9,11-12,14-17,23-24,28-33,47H,6,10,13,18-22,40H2,1-5H3,(H2,41,48)(H,42,50)(H,43,52)(H,44,49)(H,45,51)/t24-,28-,29-,30-,31-,32-,33-/m0/s1. The van der Waals surface area contributed by atoms with Gasteiger partial charge >= 0.3 is 0 Å². The Morgan fingerprint density at radius 3 is 2.06 bits per heavy atom. The Bertz CT molecular complexity index is 1580. The van der Waals surface area contributed by atoms with Crippen molar-refractivity contribution in [1.29, 1.82) is 0 Å². The number of hydrogen-bond acceptors (Lipinski definition) is 9. The Hall–Kier alpha value is -4.63. The highest BCUT2D eigenvalue weighted by molar-refractivity contribution is 7.98. The van der Waals surface area contributed by atoms with Gasteiger partial charge in [0.25, 0.3) is 0 Å². The minimum Gasteiger partial charge on any atom is -0.508 e. The van der Waals surface area contributed by atoms with Gasteiger partial charge in [-0.15, -0.1) is 0 Å². The van der Waals surface area contributed by atoms with E-state index in [2.05, 4.69) is 21.3 Å². The van der Waals surface area contributed by atoms with Crippen molar-refractivity contribution >= 4 is 47.2 Å². The fraction of sp³-hybridized carbons (Fsp3) is 0.538. The van der Waals surface area contributed by atoms with Crippen molar-refractivity contribution in [2.45, 2.75) is 102 Å². The lowest BCUT2D eigenvalue weighted by atomic mass is 9.96. The number of carbonyl (C=O) groups excluding carboxylic acids is 6. The molecule has 0 aliphatic carbocycles. The van der Waals surface area contributed by atoms with Crippen molar-refractivity contribution in [3.05, 3.63) is 65.7 Å². The maximum absolute atomic E-state index is 14.0. The van der Waals surface area contributed by atoms with Gasteiger partial charge in [0.1, 0.15) is 36.0 Å². The molecule has 15 heteroatoms. The van der Waals surface area contributed by atoms with Gasteiger partial charge in [0, 0.05) is 13.0 Å². The summed E-state index contributed by atoms with van der Waals surface area (Å²) >= 11 is 1.49. The highest BCUT2D eigenvalue weighted by atomic mass is 32.2. The second-order valence-electron chi connectivity index (χ2n) is 14.3. The molecule has 14 nitrogen and oxygen atoms in total. The molecule has 1 aliphatic heterocycles. The molecule has 9 N–H and O–H groups in total. The largest absolute Gasteiger partial charge is 0.508 e. The molecule has 0 radical (unpaired) electrons. The van der Waals surface area contributed by atoms with Crippen LogP contribution in [-0.2, 0) is 41.6 Å². The van der Waals surface area contributed by atoms with Crippen molar-refractivity contribution in [1.82, 2.24) is 26.2 Å². The minimum absolute atomic E-state index is 0.0231. The zero-order valence-electron chi connectivity index (χ0n) is 31.9. The average molecular weight is 768 g/mol. The summed E-state index contributed by atoms with van der Waals surface area (Å²) < 4.78 is 0. The first-order valence-electron chi connectivity index (χ1n) is 18.5. The number of nitrogens with zero attached hydrogens (tertiary/aromatic N) is 1. The van der Waals surface area contributed by atoms with Gasteiger partial charge in [-0.2, -0.15) is 11.8 Å². The fourth-order valence-corrected chi connectivity index (χ4v) is 6.77. The molecule has 296 valence electrons. The summed E-state index contributed by atoms with van der Waals surface area (Å²) in [6.07, 6.45) is 3.88. The molecule has 0 bridgehead atoms. The number of hydrogen-bond donors (Lipinski definition) is 7. The maximum atomic E-state index is 14.0. The van der Waals surface area contributed by atoms with Gasteiger partial charge in [0.05, 0.1) is 6.04 Å². The lowest BCUT2D eigenvalue weighted by Crippen LogP contribution is -2.61. The first kappa shape index (κ1) is 43.8. The van der Waals surface area contributed by atoms with Crippen LogP contribution in [0.15, 0.2) is 54.6 Å². The summed E-state index contributed by atoms with van der Waals surface area (Å²) in [5.41, 5.74) is 13.3. The highest BCUT2D eigenvalue weighted by Crippen LogP contribution is 2.22. The Kier molecular flexibility index (Phi) is 17.3. The zero-order valence-corrected chi connectivity index (χ0v) is 32.7. The molecule has 0 unspecified atom stereocenters. The quantitative estimate of drug-likeness (QED) is 0.103. The third-order valence-corrected chi connectivity index (χ3v) is 10.4. The number of primary amides is 1. The predicted molar refractivity (Wildman–Crippen MR) is 209 cm³/mol. The van der Waals surface area contributed by atoms with E-state index in [-0.39, 0.29) is 24.0 Å². The predicted octanol–water partition coefficient (Wildman–Crippen LogP) is 1.38. The molecule has 0 aromatic heterocycles. The van der Waals surface area contributed by atoms with Crippen LogP contribution in [0.4, 0.5) is 0 Å². The lowest BCUT2D eigenvalue weighted by Gasteiger charge is -2.33. The van der Waals surface area contributed by atoms with E-state index in [1.54, 1.807) is 32.9 Å². The molecule has 7 atom stereocenters. The summed E-state index contributed by atoms with van der Waals surface area (Å²) in [6, 6.07) is 9.59. The number of rotatable bonds is 20. The van der Waals surface area contributed by atoms with E-state index in [0.29, 0.717) is 50.0 Å². The second kappa shape index (κ2) is 21.3. The number of amides is 6. The van der Waals surface area contributed by atoms with Crippen LogP contribution >= 0.6 is 11.8 Å². The Morgan fingerprint density at radius 2 is 1.46 bits per heavy atom. The van der Waals surface area contributed by atoms with Crippen molar-refractivity contribution in [2.75, 3.05) is 18.6 Å². The minimum atomic E-state index is -1.16. The van der Waals surface area contributed by atoms with Crippen LogP contribution in [0.1, 0.15) is 64.5 Å². The smallest absolute Gasteiger partial charge is 0.246 e. The summed E-state index contributed by atoms with van der Waals surface area (Å²) in [6.45, 7) is 7.56. The molecule has 54 heavy (non-hydrogen) atoms. The van der Waals surface area contributed by atoms with Gasteiger partial charge in [0.15, 0.2) is 0 Å². The molecule has 3 rings (SSSR count). The number of nitrogens with one attached hydrogen (secondary N) is 4. The Morgan fingerprint density at radius 1 is 0.833 bits per heavy atom. The van der Waals surface area contributed by atoms with E-state index in [1.807, 2.05) is 43.5 Å². The molecular weight excluding hydrogens is 711 g/mol. The molecule has 1 aliphatic rings. The monoisotopic (exact) mass is 767 g/mol. The molecule has 1 saturated heterocycles. The highest BCUT2D eigenvalue weighted by Gasteiger charge is 2.41. The van der Waals surface area contributed by atoms with Gasteiger partial charge < -0.3 is 42.7 Å². The van der Waals surface area contributed by atoms with Gasteiger partial charge in [-0.3, -0.25) is 28.8 Å². The summed E-state index contributed by atoms with van der Waals surface area (Å²) in [7, 11) is 0. The van der Waals surface area contributed by atoms with Crippen LogP contribution in [0.3, 0.4) is 0 Å². The number of carbonyl (C=O) groups is 6. The second-order valence-corrected chi connectivity index (χ2v) is 15.3. The first-order chi connectivity index (χ1) is 25.7. The molecule has 1 fully saturated rings. The third-order valence-electron chi connectivity index (χ3n) is 9.78. The van der Waals surface area contributed by atoms with E-state index in [1.165, 1.54) is 28.8 Å². The van der Waals surface area contributed by atoms with Crippen LogP contribution in [-0.4, -0.2) is 100 Å². The number of phenols is 1. The van der Waals surface area contributed by atoms with E-state index in [0.717, 1.165) is 5.56 Å². The molecular formula is C39H57N7O7S. The topological polar surface area (TPSA) is 226 Å². The van der Waals surface area contributed by atoms with Gasteiger partial charge in [-0.1, -0.05) is 76.6 Å². The van der Waals surface area contributed by atoms with E-state index < -0.39 is 71.7 Å².